The van der Waals surface area contributed by atoms with Gasteiger partial charge in [-0.25, -0.2) is 4.98 Å². The quantitative estimate of drug-likeness (QED) is 0.829. The summed E-state index contributed by atoms with van der Waals surface area (Å²) in [5.74, 6) is 2.24. The van der Waals surface area contributed by atoms with Crippen LogP contribution in [-0.4, -0.2) is 22.2 Å². The normalized spacial score (nSPS) is 10.5. The molecule has 0 atom stereocenters. The molecule has 7 heteroatoms. The second-order valence-electron chi connectivity index (χ2n) is 2.78. The first-order valence-electron chi connectivity index (χ1n) is 4.33. The lowest BCUT2D eigenvalue weighted by atomic mass is 10.6. The molecule has 0 saturated carbocycles. The highest BCUT2D eigenvalue weighted by Gasteiger charge is 2.06. The summed E-state index contributed by atoms with van der Waals surface area (Å²) in [6.07, 6.45) is 1.72. The van der Waals surface area contributed by atoms with Crippen molar-refractivity contribution in [3.05, 3.63) is 17.8 Å². The number of oxazole rings is 1. The maximum Gasteiger partial charge on any atom is 0.206 e. The summed E-state index contributed by atoms with van der Waals surface area (Å²) in [4.78, 5) is 4.11. The van der Waals surface area contributed by atoms with Crippen molar-refractivity contribution in [1.29, 1.82) is 0 Å². The molecule has 0 aliphatic heterocycles. The molecular weight excluding hydrogens is 232 g/mol. The Morgan fingerprint density at radius 1 is 1.53 bits per heavy atom. The van der Waals surface area contributed by atoms with E-state index in [0.717, 1.165) is 21.1 Å². The number of aryl methyl sites for hydroxylation is 1. The SMILES string of the molecule is CNc1nnc(SCc2ncc(C)o2)s1. The van der Waals surface area contributed by atoms with Crippen LogP contribution in [0.15, 0.2) is 15.0 Å². The molecule has 2 aromatic heterocycles. The van der Waals surface area contributed by atoms with Gasteiger partial charge in [0.15, 0.2) is 4.34 Å². The van der Waals surface area contributed by atoms with E-state index in [1.807, 2.05) is 14.0 Å². The lowest BCUT2D eigenvalue weighted by Gasteiger charge is -1.90. The zero-order chi connectivity index (χ0) is 10.7. The van der Waals surface area contributed by atoms with Gasteiger partial charge in [-0.2, -0.15) is 0 Å². The standard InChI is InChI=1S/C8H10N4OS2/c1-5-3-10-6(13-5)4-14-8-12-11-7(9-2)15-8/h3H,4H2,1-2H3,(H,9,11). The molecule has 1 N–H and O–H groups in total. The molecule has 0 spiro atoms. The van der Waals surface area contributed by atoms with Crippen LogP contribution < -0.4 is 5.32 Å². The van der Waals surface area contributed by atoms with E-state index in [2.05, 4.69) is 20.5 Å². The summed E-state index contributed by atoms with van der Waals surface area (Å²) < 4.78 is 6.26. The van der Waals surface area contributed by atoms with Crippen LogP contribution in [-0.2, 0) is 5.75 Å². The van der Waals surface area contributed by atoms with Crippen LogP contribution in [0.2, 0.25) is 0 Å². The zero-order valence-electron chi connectivity index (χ0n) is 8.35. The van der Waals surface area contributed by atoms with Crippen molar-refractivity contribution in [3.63, 3.8) is 0 Å². The van der Waals surface area contributed by atoms with Gasteiger partial charge in [-0.05, 0) is 6.92 Å². The van der Waals surface area contributed by atoms with Crippen molar-refractivity contribution in [2.75, 3.05) is 12.4 Å². The van der Waals surface area contributed by atoms with Crippen molar-refractivity contribution in [1.82, 2.24) is 15.2 Å². The molecule has 15 heavy (non-hydrogen) atoms. The van der Waals surface area contributed by atoms with Crippen molar-refractivity contribution in [2.24, 2.45) is 0 Å². The van der Waals surface area contributed by atoms with Crippen LogP contribution >= 0.6 is 23.1 Å². The summed E-state index contributed by atoms with van der Waals surface area (Å²) in [7, 11) is 1.83. The molecule has 2 heterocycles. The van der Waals surface area contributed by atoms with Crippen LogP contribution in [0.3, 0.4) is 0 Å². The molecule has 0 saturated heterocycles. The third-order valence-electron chi connectivity index (χ3n) is 1.61. The maximum atomic E-state index is 5.35. The van der Waals surface area contributed by atoms with Crippen LogP contribution in [0.5, 0.6) is 0 Å². The van der Waals surface area contributed by atoms with E-state index < -0.39 is 0 Å². The smallest absolute Gasteiger partial charge is 0.206 e. The highest BCUT2D eigenvalue weighted by atomic mass is 32.2. The van der Waals surface area contributed by atoms with Gasteiger partial charge in [-0.3, -0.25) is 0 Å². The van der Waals surface area contributed by atoms with Gasteiger partial charge >= 0.3 is 0 Å². The molecule has 0 unspecified atom stereocenters. The highest BCUT2D eigenvalue weighted by Crippen LogP contribution is 2.27. The Balaban J connectivity index is 1.93. The minimum absolute atomic E-state index is 0.687. The third kappa shape index (κ3) is 2.69. The summed E-state index contributed by atoms with van der Waals surface area (Å²) in [5, 5.41) is 11.7. The lowest BCUT2D eigenvalue weighted by molar-refractivity contribution is 0.490. The lowest BCUT2D eigenvalue weighted by Crippen LogP contribution is -1.84. The fraction of sp³-hybridized carbons (Fsp3) is 0.375. The molecule has 80 valence electrons. The van der Waals surface area contributed by atoms with Gasteiger partial charge < -0.3 is 9.73 Å². The van der Waals surface area contributed by atoms with E-state index in [9.17, 15) is 0 Å². The summed E-state index contributed by atoms with van der Waals surface area (Å²) >= 11 is 3.09. The number of hydrogen-bond acceptors (Lipinski definition) is 7. The number of rotatable bonds is 4. The van der Waals surface area contributed by atoms with Gasteiger partial charge in [0.1, 0.15) is 5.76 Å². The van der Waals surface area contributed by atoms with E-state index in [1.165, 1.54) is 11.3 Å². The number of nitrogens with zero attached hydrogens (tertiary/aromatic N) is 3. The number of anilines is 1. The topological polar surface area (TPSA) is 63.8 Å². The molecule has 0 aliphatic carbocycles. The van der Waals surface area contributed by atoms with E-state index >= 15 is 0 Å². The minimum Gasteiger partial charge on any atom is -0.445 e. The molecule has 0 radical (unpaired) electrons. The second kappa shape index (κ2) is 4.63. The Labute approximate surface area is 95.3 Å². The Morgan fingerprint density at radius 2 is 2.40 bits per heavy atom. The number of nitrogens with one attached hydrogen (secondary N) is 1. The first kappa shape index (κ1) is 10.4. The highest BCUT2D eigenvalue weighted by molar-refractivity contribution is 8.00. The maximum absolute atomic E-state index is 5.35. The van der Waals surface area contributed by atoms with Gasteiger partial charge in [-0.15, -0.1) is 10.2 Å². The van der Waals surface area contributed by atoms with Crippen LogP contribution in [0.25, 0.3) is 0 Å². The molecule has 0 bridgehead atoms. The minimum atomic E-state index is 0.687. The molecule has 0 aromatic carbocycles. The first-order chi connectivity index (χ1) is 7.28. The Kier molecular flexibility index (Phi) is 3.22. The van der Waals surface area contributed by atoms with E-state index in [4.69, 9.17) is 4.42 Å². The van der Waals surface area contributed by atoms with E-state index in [1.54, 1.807) is 18.0 Å². The van der Waals surface area contributed by atoms with Crippen LogP contribution in [0, 0.1) is 6.92 Å². The first-order valence-corrected chi connectivity index (χ1v) is 6.13. The zero-order valence-corrected chi connectivity index (χ0v) is 9.98. The van der Waals surface area contributed by atoms with Crippen LogP contribution in [0.1, 0.15) is 11.7 Å². The van der Waals surface area contributed by atoms with Crippen molar-refractivity contribution >= 4 is 28.2 Å². The fourth-order valence-corrected chi connectivity index (χ4v) is 2.52. The molecule has 0 amide bonds. The van der Waals surface area contributed by atoms with Gasteiger partial charge in [0.25, 0.3) is 0 Å². The summed E-state index contributed by atoms with van der Waals surface area (Å²) in [6, 6.07) is 0. The van der Waals surface area contributed by atoms with Crippen molar-refractivity contribution in [2.45, 2.75) is 17.0 Å². The Hall–Kier alpha value is -1.08. The number of aromatic nitrogens is 3. The Morgan fingerprint density at radius 3 is 3.00 bits per heavy atom. The molecule has 2 rings (SSSR count). The van der Waals surface area contributed by atoms with Gasteiger partial charge in [-0.1, -0.05) is 23.1 Å². The molecule has 0 aliphatic rings. The van der Waals surface area contributed by atoms with E-state index in [-0.39, 0.29) is 0 Å². The summed E-state index contributed by atoms with van der Waals surface area (Å²) in [5.41, 5.74) is 0. The predicted molar refractivity (Wildman–Crippen MR) is 60.3 cm³/mol. The molecule has 5 nitrogen and oxygen atoms in total. The third-order valence-corrected chi connectivity index (χ3v) is 3.67. The Bertz CT molecular complexity index is 439. The van der Waals surface area contributed by atoms with E-state index in [0.29, 0.717) is 5.75 Å². The number of thioether (sulfide) groups is 1. The van der Waals surface area contributed by atoms with Gasteiger partial charge in [0.05, 0.1) is 11.9 Å². The van der Waals surface area contributed by atoms with Crippen molar-refractivity contribution in [3.8, 4) is 0 Å². The molecular formula is C8H10N4OS2. The molecule has 2 aromatic rings. The largest absolute Gasteiger partial charge is 0.445 e. The summed E-state index contributed by atoms with van der Waals surface area (Å²) in [6.45, 7) is 1.88. The van der Waals surface area contributed by atoms with Gasteiger partial charge in [0, 0.05) is 7.05 Å². The second-order valence-corrected chi connectivity index (χ2v) is 4.98. The van der Waals surface area contributed by atoms with Gasteiger partial charge in [0.2, 0.25) is 11.0 Å². The van der Waals surface area contributed by atoms with Crippen molar-refractivity contribution < 1.29 is 4.42 Å². The van der Waals surface area contributed by atoms with Crippen LogP contribution in [0.4, 0.5) is 5.13 Å². The average Bonchev–Trinajstić information content (AvgIpc) is 2.83. The average molecular weight is 242 g/mol. The monoisotopic (exact) mass is 242 g/mol. The molecule has 0 fully saturated rings. The predicted octanol–water partition coefficient (Wildman–Crippen LogP) is 2.17. The number of hydrogen-bond donors (Lipinski definition) is 1. The fourth-order valence-electron chi connectivity index (χ4n) is 0.961.